The monoisotopic (exact) mass is 343 g/mol. The summed E-state index contributed by atoms with van der Waals surface area (Å²) in [6.45, 7) is 5.39. The molecule has 1 aliphatic heterocycles. The number of carbonyl (C=O) groups is 1. The van der Waals surface area contributed by atoms with Crippen LogP contribution in [0.15, 0.2) is 47.2 Å². The van der Waals surface area contributed by atoms with Crippen molar-refractivity contribution in [2.24, 2.45) is 0 Å². The van der Waals surface area contributed by atoms with E-state index < -0.39 is 0 Å². The van der Waals surface area contributed by atoms with E-state index in [-0.39, 0.29) is 24.5 Å². The van der Waals surface area contributed by atoms with Crippen LogP contribution in [0.3, 0.4) is 0 Å². The molecule has 0 radical (unpaired) electrons. The van der Waals surface area contributed by atoms with E-state index >= 15 is 0 Å². The molecule has 1 amide bonds. The summed E-state index contributed by atoms with van der Waals surface area (Å²) in [4.78, 5) is 14.6. The number of amides is 1. The molecule has 2 aromatic rings. The Morgan fingerprint density at radius 2 is 2.20 bits per heavy atom. The van der Waals surface area contributed by atoms with Crippen molar-refractivity contribution in [3.8, 4) is 0 Å². The minimum absolute atomic E-state index is 0.00188. The first-order valence-corrected chi connectivity index (χ1v) is 8.81. The average Bonchev–Trinajstić information content (AvgIpc) is 3.13. The molecule has 1 aliphatic rings. The summed E-state index contributed by atoms with van der Waals surface area (Å²) in [5.41, 5.74) is 1.94. The Bertz CT molecular complexity index is 645. The standard InChI is InChI=1S/C19H25N3O3/c1-2-17(20-19(23)12-16-8-10-25-21-16)18-14-22(9-11-24-18)13-15-6-4-3-5-7-15/h3-8,10,17-18H,2,9,11-14H2,1H3,(H,20,23)/t17-,18-/m0/s1. The minimum Gasteiger partial charge on any atom is -0.373 e. The van der Waals surface area contributed by atoms with E-state index in [4.69, 9.17) is 9.26 Å². The maximum atomic E-state index is 12.2. The zero-order valence-electron chi connectivity index (χ0n) is 14.6. The lowest BCUT2D eigenvalue weighted by molar-refractivity contribution is -0.123. The summed E-state index contributed by atoms with van der Waals surface area (Å²) < 4.78 is 10.7. The third-order valence-electron chi connectivity index (χ3n) is 4.49. The number of hydrogen-bond acceptors (Lipinski definition) is 5. The van der Waals surface area contributed by atoms with Crippen LogP contribution in [0.1, 0.15) is 24.6 Å². The van der Waals surface area contributed by atoms with Crippen LogP contribution in [-0.4, -0.2) is 47.8 Å². The Kier molecular flexibility index (Phi) is 6.19. The van der Waals surface area contributed by atoms with Gasteiger partial charge in [0.05, 0.1) is 30.9 Å². The average molecular weight is 343 g/mol. The van der Waals surface area contributed by atoms with Crippen molar-refractivity contribution in [3.05, 3.63) is 53.9 Å². The number of nitrogens with zero attached hydrogens (tertiary/aromatic N) is 2. The second kappa shape index (κ2) is 8.78. The van der Waals surface area contributed by atoms with Crippen molar-refractivity contribution in [1.29, 1.82) is 0 Å². The van der Waals surface area contributed by atoms with Gasteiger partial charge in [-0.1, -0.05) is 42.4 Å². The molecule has 2 atom stereocenters. The lowest BCUT2D eigenvalue weighted by atomic mass is 10.1. The molecule has 0 unspecified atom stereocenters. The van der Waals surface area contributed by atoms with E-state index in [0.29, 0.717) is 12.3 Å². The van der Waals surface area contributed by atoms with E-state index in [9.17, 15) is 4.79 Å². The maximum Gasteiger partial charge on any atom is 0.226 e. The topological polar surface area (TPSA) is 67.6 Å². The molecule has 25 heavy (non-hydrogen) atoms. The second-order valence-electron chi connectivity index (χ2n) is 6.38. The van der Waals surface area contributed by atoms with Crippen molar-refractivity contribution < 1.29 is 14.1 Å². The van der Waals surface area contributed by atoms with Crippen molar-refractivity contribution in [2.75, 3.05) is 19.7 Å². The fourth-order valence-corrected chi connectivity index (χ4v) is 3.17. The number of hydrogen-bond donors (Lipinski definition) is 1. The van der Waals surface area contributed by atoms with E-state index in [1.54, 1.807) is 6.07 Å². The van der Waals surface area contributed by atoms with Gasteiger partial charge < -0.3 is 14.6 Å². The number of nitrogens with one attached hydrogen (secondary N) is 1. The third kappa shape index (κ3) is 5.14. The van der Waals surface area contributed by atoms with Gasteiger partial charge >= 0.3 is 0 Å². The minimum atomic E-state index is -0.0514. The largest absolute Gasteiger partial charge is 0.373 e. The molecule has 1 fully saturated rings. The summed E-state index contributed by atoms with van der Waals surface area (Å²) in [6, 6.07) is 12.1. The molecule has 1 aromatic carbocycles. The molecule has 1 N–H and O–H groups in total. The first-order chi connectivity index (χ1) is 12.2. The van der Waals surface area contributed by atoms with Crippen LogP contribution in [0.2, 0.25) is 0 Å². The maximum absolute atomic E-state index is 12.2. The first-order valence-electron chi connectivity index (χ1n) is 8.81. The van der Waals surface area contributed by atoms with Crippen LogP contribution in [-0.2, 0) is 22.5 Å². The van der Waals surface area contributed by atoms with Crippen LogP contribution < -0.4 is 5.32 Å². The van der Waals surface area contributed by atoms with Crippen LogP contribution in [0.4, 0.5) is 0 Å². The molecule has 0 spiro atoms. The molecule has 0 bridgehead atoms. The molecule has 1 saturated heterocycles. The Balaban J connectivity index is 1.53. The number of ether oxygens (including phenoxy) is 1. The van der Waals surface area contributed by atoms with E-state index in [0.717, 1.165) is 26.1 Å². The van der Waals surface area contributed by atoms with E-state index in [2.05, 4.69) is 46.6 Å². The second-order valence-corrected chi connectivity index (χ2v) is 6.38. The number of morpholine rings is 1. The molecule has 0 saturated carbocycles. The normalized spacial score (nSPS) is 19.5. The fourth-order valence-electron chi connectivity index (χ4n) is 3.17. The predicted octanol–water partition coefficient (Wildman–Crippen LogP) is 2.01. The van der Waals surface area contributed by atoms with Crippen molar-refractivity contribution in [2.45, 2.75) is 38.5 Å². The Labute approximate surface area is 148 Å². The van der Waals surface area contributed by atoms with Crippen LogP contribution >= 0.6 is 0 Å². The number of aromatic nitrogens is 1. The predicted molar refractivity (Wildman–Crippen MR) is 93.9 cm³/mol. The molecule has 3 rings (SSSR count). The Morgan fingerprint density at radius 3 is 2.92 bits per heavy atom. The fraction of sp³-hybridized carbons (Fsp3) is 0.474. The zero-order valence-corrected chi connectivity index (χ0v) is 14.6. The summed E-state index contributed by atoms with van der Waals surface area (Å²) >= 11 is 0. The summed E-state index contributed by atoms with van der Waals surface area (Å²) in [5.74, 6) is -0.0514. The van der Waals surface area contributed by atoms with Gasteiger partial charge in [-0.05, 0) is 12.0 Å². The van der Waals surface area contributed by atoms with Gasteiger partial charge in [0.1, 0.15) is 6.26 Å². The van der Waals surface area contributed by atoms with Gasteiger partial charge in [-0.25, -0.2) is 0 Å². The molecule has 0 aliphatic carbocycles. The third-order valence-corrected chi connectivity index (χ3v) is 4.49. The molecule has 1 aromatic heterocycles. The zero-order chi connectivity index (χ0) is 17.5. The van der Waals surface area contributed by atoms with E-state index in [1.807, 2.05) is 6.07 Å². The van der Waals surface area contributed by atoms with Crippen molar-refractivity contribution in [3.63, 3.8) is 0 Å². The van der Waals surface area contributed by atoms with Gasteiger partial charge in [-0.15, -0.1) is 0 Å². The number of rotatable bonds is 7. The molecular weight excluding hydrogens is 318 g/mol. The lowest BCUT2D eigenvalue weighted by Gasteiger charge is -2.37. The number of benzene rings is 1. The Hall–Kier alpha value is -2.18. The molecule has 6 heteroatoms. The molecular formula is C19H25N3O3. The summed E-state index contributed by atoms with van der Waals surface area (Å²) in [6.07, 6.45) is 2.54. The smallest absolute Gasteiger partial charge is 0.226 e. The van der Waals surface area contributed by atoms with Gasteiger partial charge in [0.2, 0.25) is 5.91 Å². The van der Waals surface area contributed by atoms with Crippen molar-refractivity contribution >= 4 is 5.91 Å². The first kappa shape index (κ1) is 17.6. The van der Waals surface area contributed by atoms with E-state index in [1.165, 1.54) is 11.8 Å². The highest BCUT2D eigenvalue weighted by Crippen LogP contribution is 2.14. The van der Waals surface area contributed by atoms with Gasteiger partial charge in [-0.3, -0.25) is 9.69 Å². The highest BCUT2D eigenvalue weighted by Gasteiger charge is 2.28. The van der Waals surface area contributed by atoms with Gasteiger partial charge in [0.15, 0.2) is 0 Å². The summed E-state index contributed by atoms with van der Waals surface area (Å²) in [7, 11) is 0. The highest BCUT2D eigenvalue weighted by atomic mass is 16.5. The van der Waals surface area contributed by atoms with Crippen molar-refractivity contribution in [1.82, 2.24) is 15.4 Å². The SMILES string of the molecule is CC[C@H](NC(=O)Cc1ccon1)[C@@H]1CN(Cc2ccccc2)CCO1. The van der Waals surface area contributed by atoms with Crippen LogP contribution in [0.5, 0.6) is 0 Å². The van der Waals surface area contributed by atoms with Crippen LogP contribution in [0, 0.1) is 0 Å². The molecule has 6 nitrogen and oxygen atoms in total. The lowest BCUT2D eigenvalue weighted by Crippen LogP contribution is -2.53. The van der Waals surface area contributed by atoms with Gasteiger partial charge in [-0.2, -0.15) is 0 Å². The molecule has 134 valence electrons. The van der Waals surface area contributed by atoms with Gasteiger partial charge in [0.25, 0.3) is 0 Å². The quantitative estimate of drug-likeness (QED) is 0.833. The van der Waals surface area contributed by atoms with Gasteiger partial charge in [0, 0.05) is 25.7 Å². The number of carbonyl (C=O) groups excluding carboxylic acids is 1. The molecule has 2 heterocycles. The highest BCUT2D eigenvalue weighted by molar-refractivity contribution is 5.78. The Morgan fingerprint density at radius 1 is 1.36 bits per heavy atom. The summed E-state index contributed by atoms with van der Waals surface area (Å²) in [5, 5.41) is 6.87. The van der Waals surface area contributed by atoms with Crippen LogP contribution in [0.25, 0.3) is 0 Å².